The number of amides is 1. The number of halogens is 3. The van der Waals surface area contributed by atoms with Gasteiger partial charge in [-0.05, 0) is 0 Å². The zero-order valence-corrected chi connectivity index (χ0v) is 7.07. The Morgan fingerprint density at radius 2 is 2.08 bits per heavy atom. The van der Waals surface area contributed by atoms with Crippen LogP contribution in [-0.4, -0.2) is 39.0 Å². The summed E-state index contributed by atoms with van der Waals surface area (Å²) in [4.78, 5) is 10.5. The monoisotopic (exact) mass is 200 g/mol. The van der Waals surface area contributed by atoms with Gasteiger partial charge in [0.2, 0.25) is 5.91 Å². The molecule has 0 aliphatic carbocycles. The van der Waals surface area contributed by atoms with E-state index in [4.69, 9.17) is 0 Å². The molecule has 0 saturated carbocycles. The summed E-state index contributed by atoms with van der Waals surface area (Å²) in [5, 5.41) is 4.78. The fourth-order valence-electron chi connectivity index (χ4n) is 0.529. The van der Waals surface area contributed by atoms with Crippen LogP contribution in [0.15, 0.2) is 0 Å². The molecule has 0 bridgehead atoms. The molecule has 13 heavy (non-hydrogen) atoms. The number of likely N-dealkylation sites (N-methyl/N-ethyl adjacent to an activating group) is 1. The van der Waals surface area contributed by atoms with E-state index in [1.807, 2.05) is 0 Å². The molecule has 2 N–H and O–H groups in total. The van der Waals surface area contributed by atoms with E-state index in [-0.39, 0.29) is 19.0 Å². The van der Waals surface area contributed by atoms with Crippen LogP contribution in [0.4, 0.5) is 13.2 Å². The quantitative estimate of drug-likeness (QED) is 0.607. The SMILES string of the molecule is CNC(=O)CNCCOC(F)(F)F. The summed E-state index contributed by atoms with van der Waals surface area (Å²) in [6.45, 7) is -0.537. The summed E-state index contributed by atoms with van der Waals surface area (Å²) in [5.74, 6) is -0.285. The van der Waals surface area contributed by atoms with Crippen molar-refractivity contribution in [3.8, 4) is 0 Å². The van der Waals surface area contributed by atoms with Crippen LogP contribution in [0.2, 0.25) is 0 Å². The molecule has 78 valence electrons. The second-order valence-corrected chi connectivity index (χ2v) is 2.14. The van der Waals surface area contributed by atoms with E-state index in [1.165, 1.54) is 7.05 Å². The van der Waals surface area contributed by atoms with E-state index < -0.39 is 13.0 Å². The Hall–Kier alpha value is -0.820. The second kappa shape index (κ2) is 5.76. The van der Waals surface area contributed by atoms with Gasteiger partial charge < -0.3 is 10.6 Å². The highest BCUT2D eigenvalue weighted by molar-refractivity contribution is 5.77. The number of carbonyl (C=O) groups excluding carboxylic acids is 1. The zero-order valence-electron chi connectivity index (χ0n) is 7.07. The lowest BCUT2D eigenvalue weighted by Crippen LogP contribution is -2.33. The van der Waals surface area contributed by atoms with E-state index in [9.17, 15) is 18.0 Å². The van der Waals surface area contributed by atoms with Gasteiger partial charge in [-0.15, -0.1) is 13.2 Å². The first-order chi connectivity index (χ1) is 5.95. The van der Waals surface area contributed by atoms with Crippen molar-refractivity contribution in [3.05, 3.63) is 0 Å². The maximum atomic E-state index is 11.4. The van der Waals surface area contributed by atoms with Crippen LogP contribution in [0, 0.1) is 0 Å². The summed E-state index contributed by atoms with van der Waals surface area (Å²) in [7, 11) is 1.44. The normalized spacial score (nSPS) is 11.4. The Labute approximate surface area is 73.4 Å². The van der Waals surface area contributed by atoms with Crippen LogP contribution < -0.4 is 10.6 Å². The van der Waals surface area contributed by atoms with Gasteiger partial charge in [-0.2, -0.15) is 0 Å². The molecular formula is C6H11F3N2O2. The summed E-state index contributed by atoms with van der Waals surface area (Å²) in [5.41, 5.74) is 0. The van der Waals surface area contributed by atoms with Crippen molar-refractivity contribution in [2.75, 3.05) is 26.7 Å². The molecule has 1 amide bonds. The zero-order chi connectivity index (χ0) is 10.3. The molecule has 0 aromatic rings. The van der Waals surface area contributed by atoms with Gasteiger partial charge in [0.15, 0.2) is 0 Å². The fraction of sp³-hybridized carbons (Fsp3) is 0.833. The van der Waals surface area contributed by atoms with E-state index in [2.05, 4.69) is 15.4 Å². The Morgan fingerprint density at radius 1 is 1.46 bits per heavy atom. The predicted octanol–water partition coefficient (Wildman–Crippen LogP) is -0.142. The average Bonchev–Trinajstić information content (AvgIpc) is 2.01. The van der Waals surface area contributed by atoms with Crippen LogP contribution in [0.25, 0.3) is 0 Å². The number of rotatable bonds is 5. The minimum Gasteiger partial charge on any atom is -0.358 e. The summed E-state index contributed by atoms with van der Waals surface area (Å²) in [6.07, 6.45) is -4.60. The predicted molar refractivity (Wildman–Crippen MR) is 38.9 cm³/mol. The van der Waals surface area contributed by atoms with E-state index >= 15 is 0 Å². The molecule has 0 spiro atoms. The molecule has 0 radical (unpaired) electrons. The van der Waals surface area contributed by atoms with Crippen molar-refractivity contribution in [2.24, 2.45) is 0 Å². The summed E-state index contributed by atoms with van der Waals surface area (Å²) >= 11 is 0. The lowest BCUT2D eigenvalue weighted by molar-refractivity contribution is -0.323. The van der Waals surface area contributed by atoms with Crippen molar-refractivity contribution in [2.45, 2.75) is 6.36 Å². The number of carbonyl (C=O) groups is 1. The smallest absolute Gasteiger partial charge is 0.358 e. The number of alkyl halides is 3. The highest BCUT2D eigenvalue weighted by atomic mass is 19.4. The molecule has 7 heteroatoms. The van der Waals surface area contributed by atoms with Crippen molar-refractivity contribution < 1.29 is 22.7 Å². The molecular weight excluding hydrogens is 189 g/mol. The van der Waals surface area contributed by atoms with E-state index in [1.54, 1.807) is 0 Å². The Balaban J connectivity index is 3.22. The molecule has 0 rings (SSSR count). The molecule has 0 atom stereocenters. The van der Waals surface area contributed by atoms with Crippen LogP contribution in [0.5, 0.6) is 0 Å². The maximum absolute atomic E-state index is 11.4. The molecule has 4 nitrogen and oxygen atoms in total. The van der Waals surface area contributed by atoms with Crippen LogP contribution in [-0.2, 0) is 9.53 Å². The molecule has 0 saturated heterocycles. The average molecular weight is 200 g/mol. The topological polar surface area (TPSA) is 50.4 Å². The molecule has 0 unspecified atom stereocenters. The minimum atomic E-state index is -4.60. The van der Waals surface area contributed by atoms with Gasteiger partial charge in [-0.1, -0.05) is 0 Å². The van der Waals surface area contributed by atoms with E-state index in [0.29, 0.717) is 0 Å². The largest absolute Gasteiger partial charge is 0.522 e. The number of nitrogens with one attached hydrogen (secondary N) is 2. The van der Waals surface area contributed by atoms with Crippen molar-refractivity contribution in [1.29, 1.82) is 0 Å². The minimum absolute atomic E-state index is 0.0162. The summed E-state index contributed by atoms with van der Waals surface area (Å²) in [6, 6.07) is 0. The highest BCUT2D eigenvalue weighted by Gasteiger charge is 2.28. The highest BCUT2D eigenvalue weighted by Crippen LogP contribution is 2.14. The molecule has 0 aliphatic heterocycles. The standard InChI is InChI=1S/C6H11F3N2O2/c1-10-5(12)4-11-2-3-13-6(7,8)9/h11H,2-4H2,1H3,(H,10,12). The van der Waals surface area contributed by atoms with Gasteiger partial charge in [0.25, 0.3) is 0 Å². The van der Waals surface area contributed by atoms with Gasteiger partial charge >= 0.3 is 6.36 Å². The lowest BCUT2D eigenvalue weighted by atomic mass is 10.5. The molecule has 0 fully saturated rings. The Bertz CT molecular complexity index is 160. The third-order valence-electron chi connectivity index (χ3n) is 1.11. The van der Waals surface area contributed by atoms with Gasteiger partial charge in [0.05, 0.1) is 13.2 Å². The Morgan fingerprint density at radius 3 is 2.54 bits per heavy atom. The first-order valence-electron chi connectivity index (χ1n) is 3.57. The number of hydrogen-bond donors (Lipinski definition) is 2. The first-order valence-corrected chi connectivity index (χ1v) is 3.57. The molecule has 0 aromatic carbocycles. The number of hydrogen-bond acceptors (Lipinski definition) is 3. The van der Waals surface area contributed by atoms with Gasteiger partial charge in [0, 0.05) is 13.6 Å². The van der Waals surface area contributed by atoms with Crippen LogP contribution >= 0.6 is 0 Å². The second-order valence-electron chi connectivity index (χ2n) is 2.14. The molecule has 0 heterocycles. The molecule has 0 aliphatic rings. The van der Waals surface area contributed by atoms with E-state index in [0.717, 1.165) is 0 Å². The van der Waals surface area contributed by atoms with Crippen molar-refractivity contribution in [3.63, 3.8) is 0 Å². The summed E-state index contributed by atoms with van der Waals surface area (Å²) < 4.78 is 37.6. The van der Waals surface area contributed by atoms with Gasteiger partial charge in [-0.3, -0.25) is 9.53 Å². The third-order valence-corrected chi connectivity index (χ3v) is 1.11. The van der Waals surface area contributed by atoms with Gasteiger partial charge in [-0.25, -0.2) is 0 Å². The van der Waals surface area contributed by atoms with Gasteiger partial charge in [0.1, 0.15) is 0 Å². The Kier molecular flexibility index (Phi) is 5.40. The van der Waals surface area contributed by atoms with Crippen molar-refractivity contribution in [1.82, 2.24) is 10.6 Å². The third kappa shape index (κ3) is 9.09. The lowest BCUT2D eigenvalue weighted by Gasteiger charge is -2.07. The fourth-order valence-corrected chi connectivity index (χ4v) is 0.529. The molecule has 0 aromatic heterocycles. The van der Waals surface area contributed by atoms with Crippen LogP contribution in [0.1, 0.15) is 0 Å². The number of ether oxygens (including phenoxy) is 1. The van der Waals surface area contributed by atoms with Crippen LogP contribution in [0.3, 0.4) is 0 Å². The maximum Gasteiger partial charge on any atom is 0.522 e. The first kappa shape index (κ1) is 12.2. The van der Waals surface area contributed by atoms with Crippen molar-refractivity contribution >= 4 is 5.91 Å².